The van der Waals surface area contributed by atoms with Gasteiger partial charge in [0.05, 0.1) is 17.4 Å². The molecular weight excluding hydrogens is 417 g/mol. The zero-order chi connectivity index (χ0) is 23.2. The molecule has 1 atom stereocenters. The smallest absolute Gasteiger partial charge is 0.323 e. The molecule has 33 heavy (non-hydrogen) atoms. The molecule has 5 nitrogen and oxygen atoms in total. The van der Waals surface area contributed by atoms with Gasteiger partial charge in [0.25, 0.3) is 0 Å². The van der Waals surface area contributed by atoms with E-state index in [1.807, 2.05) is 24.3 Å². The first-order valence-electron chi connectivity index (χ1n) is 11.8. The number of allylic oxidation sites excluding steroid dienone is 1. The summed E-state index contributed by atoms with van der Waals surface area (Å²) in [5.74, 6) is -0.326. The Morgan fingerprint density at radius 3 is 2.48 bits per heavy atom. The van der Waals surface area contributed by atoms with E-state index >= 15 is 0 Å². The minimum absolute atomic E-state index is 0.0227. The van der Waals surface area contributed by atoms with E-state index in [0.29, 0.717) is 24.1 Å². The van der Waals surface area contributed by atoms with Gasteiger partial charge in [-0.05, 0) is 54.5 Å². The molecule has 5 rings (SSSR count). The Balaban J connectivity index is 1.69. The summed E-state index contributed by atoms with van der Waals surface area (Å²) in [5.41, 5.74) is 3.47. The van der Waals surface area contributed by atoms with Crippen LogP contribution in [-0.2, 0) is 4.79 Å². The minimum atomic E-state index is -0.637. The molecule has 0 saturated heterocycles. The lowest BCUT2D eigenvalue weighted by Crippen LogP contribution is -2.47. The first-order valence-corrected chi connectivity index (χ1v) is 11.8. The highest BCUT2D eigenvalue weighted by molar-refractivity contribution is 6.06. The normalized spacial score (nSPS) is 22.3. The van der Waals surface area contributed by atoms with Crippen LogP contribution in [0.5, 0.6) is 0 Å². The number of para-hydroxylation sites is 2. The first kappa shape index (κ1) is 21.7. The third kappa shape index (κ3) is 4.14. The number of fused-ring (bicyclic) bond motifs is 1. The maximum atomic E-state index is 13.8. The number of ketones is 1. The molecular formula is C27H30FN3O2. The molecule has 2 aromatic rings. The number of carbonyl (C=O) groups is 2. The summed E-state index contributed by atoms with van der Waals surface area (Å²) in [4.78, 5) is 29.1. The van der Waals surface area contributed by atoms with Crippen LogP contribution in [0.1, 0.15) is 64.0 Å². The number of rotatable bonds is 2. The summed E-state index contributed by atoms with van der Waals surface area (Å²) in [6.07, 6.45) is 5.22. The van der Waals surface area contributed by atoms with Gasteiger partial charge in [0, 0.05) is 23.7 Å². The summed E-state index contributed by atoms with van der Waals surface area (Å²) in [7, 11) is 0. The van der Waals surface area contributed by atoms with Crippen molar-refractivity contribution < 1.29 is 14.0 Å². The van der Waals surface area contributed by atoms with Crippen LogP contribution >= 0.6 is 0 Å². The number of urea groups is 1. The zero-order valence-electron chi connectivity index (χ0n) is 19.2. The van der Waals surface area contributed by atoms with E-state index in [1.165, 1.54) is 12.1 Å². The quantitative estimate of drug-likeness (QED) is 0.585. The van der Waals surface area contributed by atoms with Crippen LogP contribution in [-0.4, -0.2) is 17.9 Å². The Bertz CT molecular complexity index is 1120. The van der Waals surface area contributed by atoms with Gasteiger partial charge < -0.3 is 10.6 Å². The Hall–Kier alpha value is -3.15. The average molecular weight is 448 g/mol. The number of benzene rings is 2. The van der Waals surface area contributed by atoms with E-state index in [9.17, 15) is 14.0 Å². The van der Waals surface area contributed by atoms with Crippen LogP contribution in [0.3, 0.4) is 0 Å². The average Bonchev–Trinajstić information content (AvgIpc) is 3.21. The van der Waals surface area contributed by atoms with Crippen LogP contribution in [0.2, 0.25) is 0 Å². The third-order valence-corrected chi connectivity index (χ3v) is 6.99. The van der Waals surface area contributed by atoms with Gasteiger partial charge >= 0.3 is 6.03 Å². The standard InChI is InChI=1S/C27H30FN3O2/c1-27(2)15-21-24(23(32)16-27)25(17-11-13-18(28)14-12-17)31(22-10-6-5-9-20(22)30-21)26(33)29-19-7-3-4-8-19/h5-6,9-14,19,25,30H,3-4,7-8,15-16H2,1-2H3,(H,29,33)/t25-/m1/s1. The maximum absolute atomic E-state index is 13.8. The molecule has 1 saturated carbocycles. The zero-order valence-corrected chi connectivity index (χ0v) is 19.2. The number of Topliss-reactive ketones (excluding diaryl/α,β-unsaturated/α-hetero) is 1. The van der Waals surface area contributed by atoms with Crippen LogP contribution in [0.4, 0.5) is 20.6 Å². The van der Waals surface area contributed by atoms with Crippen molar-refractivity contribution in [1.82, 2.24) is 5.32 Å². The van der Waals surface area contributed by atoms with E-state index in [1.54, 1.807) is 17.0 Å². The molecule has 2 N–H and O–H groups in total. The Morgan fingerprint density at radius 1 is 1.06 bits per heavy atom. The molecule has 0 unspecified atom stereocenters. The fourth-order valence-electron chi connectivity index (χ4n) is 5.49. The van der Waals surface area contributed by atoms with Gasteiger partial charge in [-0.1, -0.05) is 51.0 Å². The van der Waals surface area contributed by atoms with E-state index in [-0.39, 0.29) is 29.1 Å². The SMILES string of the molecule is CC1(C)CC(=O)C2=C(C1)Nc1ccccc1N(C(=O)NC1CCCC1)[C@@H]2c1ccc(F)cc1. The molecule has 6 heteroatoms. The lowest BCUT2D eigenvalue weighted by atomic mass is 9.73. The Morgan fingerprint density at radius 2 is 1.76 bits per heavy atom. The number of anilines is 2. The van der Waals surface area contributed by atoms with Gasteiger partial charge in [0.2, 0.25) is 0 Å². The number of amides is 2. The molecule has 0 aromatic heterocycles. The summed E-state index contributed by atoms with van der Waals surface area (Å²) in [6.45, 7) is 4.18. The van der Waals surface area contributed by atoms with Gasteiger partial charge in [-0.2, -0.15) is 0 Å². The fraction of sp³-hybridized carbons (Fsp3) is 0.407. The number of carbonyl (C=O) groups excluding carboxylic acids is 2. The monoisotopic (exact) mass is 447 g/mol. The number of nitrogens with one attached hydrogen (secondary N) is 2. The topological polar surface area (TPSA) is 61.4 Å². The van der Waals surface area contributed by atoms with Crippen LogP contribution in [0, 0.1) is 11.2 Å². The second-order valence-electron chi connectivity index (χ2n) is 10.2. The molecule has 1 aliphatic heterocycles. The highest BCUT2D eigenvalue weighted by Gasteiger charge is 2.43. The van der Waals surface area contributed by atoms with Crippen molar-refractivity contribution in [3.63, 3.8) is 0 Å². The largest absolute Gasteiger partial charge is 0.357 e. The predicted octanol–water partition coefficient (Wildman–Crippen LogP) is 6.09. The molecule has 1 heterocycles. The van der Waals surface area contributed by atoms with Crippen molar-refractivity contribution in [1.29, 1.82) is 0 Å². The van der Waals surface area contributed by atoms with Gasteiger partial charge in [-0.15, -0.1) is 0 Å². The van der Waals surface area contributed by atoms with Gasteiger partial charge in [0.1, 0.15) is 5.82 Å². The van der Waals surface area contributed by atoms with Crippen molar-refractivity contribution in [2.75, 3.05) is 10.2 Å². The number of halogens is 1. The summed E-state index contributed by atoms with van der Waals surface area (Å²) in [6, 6.07) is 13.1. The van der Waals surface area contributed by atoms with Crippen molar-refractivity contribution in [2.24, 2.45) is 5.41 Å². The lowest BCUT2D eigenvalue weighted by Gasteiger charge is -2.37. The molecule has 2 amide bonds. The summed E-state index contributed by atoms with van der Waals surface area (Å²) in [5, 5.41) is 6.71. The predicted molar refractivity (Wildman–Crippen MR) is 128 cm³/mol. The van der Waals surface area contributed by atoms with Gasteiger partial charge in [-0.3, -0.25) is 9.69 Å². The van der Waals surface area contributed by atoms with Gasteiger partial charge in [0.15, 0.2) is 5.78 Å². The van der Waals surface area contributed by atoms with E-state index in [0.717, 1.165) is 42.6 Å². The lowest BCUT2D eigenvalue weighted by molar-refractivity contribution is -0.118. The minimum Gasteiger partial charge on any atom is -0.357 e. The third-order valence-electron chi connectivity index (χ3n) is 6.99. The molecule has 3 aliphatic rings. The molecule has 0 radical (unpaired) electrons. The Labute approximate surface area is 194 Å². The summed E-state index contributed by atoms with van der Waals surface area (Å²) >= 11 is 0. The number of hydrogen-bond donors (Lipinski definition) is 2. The highest BCUT2D eigenvalue weighted by atomic mass is 19.1. The van der Waals surface area contributed by atoms with Crippen LogP contribution in [0.15, 0.2) is 59.8 Å². The fourth-order valence-corrected chi connectivity index (χ4v) is 5.49. The van der Waals surface area contributed by atoms with E-state index in [4.69, 9.17) is 0 Å². The van der Waals surface area contributed by atoms with Gasteiger partial charge in [-0.25, -0.2) is 9.18 Å². The first-order chi connectivity index (χ1) is 15.8. The molecule has 2 aliphatic carbocycles. The van der Waals surface area contributed by atoms with Crippen LogP contribution < -0.4 is 15.5 Å². The Kier molecular flexibility index (Phi) is 5.47. The van der Waals surface area contributed by atoms with Crippen molar-refractivity contribution in [2.45, 2.75) is 64.5 Å². The molecule has 1 fully saturated rings. The summed E-state index contributed by atoms with van der Waals surface area (Å²) < 4.78 is 13.8. The molecule has 0 spiro atoms. The van der Waals surface area contributed by atoms with E-state index in [2.05, 4.69) is 24.5 Å². The molecule has 2 aromatic carbocycles. The van der Waals surface area contributed by atoms with Crippen LogP contribution in [0.25, 0.3) is 0 Å². The molecule has 0 bridgehead atoms. The molecule has 172 valence electrons. The maximum Gasteiger partial charge on any atom is 0.323 e. The van der Waals surface area contributed by atoms with Crippen molar-refractivity contribution in [3.8, 4) is 0 Å². The number of hydrogen-bond acceptors (Lipinski definition) is 3. The van der Waals surface area contributed by atoms with Crippen molar-refractivity contribution in [3.05, 3.63) is 71.2 Å². The second-order valence-corrected chi connectivity index (χ2v) is 10.2. The second kappa shape index (κ2) is 8.32. The number of nitrogens with zero attached hydrogens (tertiary/aromatic N) is 1. The van der Waals surface area contributed by atoms with E-state index < -0.39 is 6.04 Å². The highest BCUT2D eigenvalue weighted by Crippen LogP contribution is 2.48. The van der Waals surface area contributed by atoms with Crippen molar-refractivity contribution >= 4 is 23.2 Å².